The topological polar surface area (TPSA) is 44.8 Å². The Labute approximate surface area is 178 Å². The zero-order chi connectivity index (χ0) is 20.9. The van der Waals surface area contributed by atoms with Gasteiger partial charge in [-0.25, -0.2) is 0 Å². The van der Waals surface area contributed by atoms with Crippen molar-refractivity contribution in [3.05, 3.63) is 66.7 Å². The Bertz CT molecular complexity index is 989. The lowest BCUT2D eigenvalue weighted by atomic mass is 10.1. The highest BCUT2D eigenvalue weighted by Crippen LogP contribution is 2.27. The molecule has 1 aliphatic heterocycles. The van der Waals surface area contributed by atoms with Gasteiger partial charge in [0, 0.05) is 42.9 Å². The number of nitrogens with one attached hydrogen (secondary N) is 1. The Morgan fingerprint density at radius 2 is 1.67 bits per heavy atom. The maximum atomic E-state index is 12.9. The Morgan fingerprint density at radius 3 is 2.40 bits per heavy atom. The maximum absolute atomic E-state index is 12.9. The molecular formula is C25H29N3O2. The molecule has 1 fully saturated rings. The zero-order valence-electron chi connectivity index (χ0n) is 17.7. The Hall–Kier alpha value is -3.05. The van der Waals surface area contributed by atoms with Gasteiger partial charge >= 0.3 is 0 Å². The molecule has 1 amide bonds. The SMILES string of the molecule is CCC(Oc1cccc2ccccc12)C(=O)Nc1ccc(N2CCN(C)CC2)cc1. The molecule has 0 aliphatic carbocycles. The minimum atomic E-state index is -0.548. The van der Waals surface area contributed by atoms with Crippen molar-refractivity contribution in [2.45, 2.75) is 19.4 Å². The summed E-state index contributed by atoms with van der Waals surface area (Å²) in [5.41, 5.74) is 1.98. The van der Waals surface area contributed by atoms with Crippen molar-refractivity contribution in [2.24, 2.45) is 0 Å². The van der Waals surface area contributed by atoms with E-state index in [4.69, 9.17) is 4.74 Å². The number of piperazine rings is 1. The third-order valence-corrected chi connectivity index (χ3v) is 5.69. The molecule has 0 aromatic heterocycles. The molecule has 1 N–H and O–H groups in total. The van der Waals surface area contributed by atoms with E-state index in [1.54, 1.807) is 0 Å². The third kappa shape index (κ3) is 4.57. The highest BCUT2D eigenvalue weighted by molar-refractivity contribution is 5.95. The predicted molar refractivity (Wildman–Crippen MR) is 123 cm³/mol. The van der Waals surface area contributed by atoms with Crippen LogP contribution in [0.15, 0.2) is 66.7 Å². The van der Waals surface area contributed by atoms with Crippen LogP contribution in [0, 0.1) is 0 Å². The lowest BCUT2D eigenvalue weighted by molar-refractivity contribution is -0.122. The van der Waals surface area contributed by atoms with Gasteiger partial charge < -0.3 is 19.9 Å². The number of nitrogens with zero attached hydrogens (tertiary/aromatic N) is 2. The van der Waals surface area contributed by atoms with Crippen LogP contribution in [0.3, 0.4) is 0 Å². The monoisotopic (exact) mass is 403 g/mol. The highest BCUT2D eigenvalue weighted by atomic mass is 16.5. The number of rotatable bonds is 6. The van der Waals surface area contributed by atoms with Crippen LogP contribution < -0.4 is 15.0 Å². The minimum Gasteiger partial charge on any atom is -0.480 e. The number of fused-ring (bicyclic) bond motifs is 1. The quantitative estimate of drug-likeness (QED) is 0.663. The average Bonchev–Trinajstić information content (AvgIpc) is 2.78. The van der Waals surface area contributed by atoms with Gasteiger partial charge in [-0.05, 0) is 49.2 Å². The van der Waals surface area contributed by atoms with Crippen LogP contribution in [-0.2, 0) is 4.79 Å². The van der Waals surface area contributed by atoms with Gasteiger partial charge in [0.05, 0.1) is 0 Å². The molecule has 0 radical (unpaired) electrons. The molecule has 0 bridgehead atoms. The first kappa shape index (κ1) is 20.2. The van der Waals surface area contributed by atoms with Crippen molar-refractivity contribution >= 4 is 28.1 Å². The molecule has 5 nitrogen and oxygen atoms in total. The molecule has 1 saturated heterocycles. The Kier molecular flexibility index (Phi) is 6.19. The number of hydrogen-bond donors (Lipinski definition) is 1. The van der Waals surface area contributed by atoms with E-state index < -0.39 is 6.10 Å². The lowest BCUT2D eigenvalue weighted by Crippen LogP contribution is -2.44. The number of carbonyl (C=O) groups excluding carboxylic acids is 1. The molecule has 4 rings (SSSR count). The van der Waals surface area contributed by atoms with Crippen LogP contribution in [0.2, 0.25) is 0 Å². The van der Waals surface area contributed by atoms with Gasteiger partial charge in [0.15, 0.2) is 6.10 Å². The van der Waals surface area contributed by atoms with Gasteiger partial charge in [0.2, 0.25) is 0 Å². The van der Waals surface area contributed by atoms with Crippen LogP contribution in [0.25, 0.3) is 10.8 Å². The fourth-order valence-electron chi connectivity index (χ4n) is 3.82. The fraction of sp³-hybridized carbons (Fsp3) is 0.320. The Balaban J connectivity index is 1.41. The van der Waals surface area contributed by atoms with E-state index in [1.807, 2.05) is 61.5 Å². The zero-order valence-corrected chi connectivity index (χ0v) is 17.7. The molecule has 1 unspecified atom stereocenters. The summed E-state index contributed by atoms with van der Waals surface area (Å²) in [7, 11) is 2.15. The van der Waals surface area contributed by atoms with Crippen molar-refractivity contribution < 1.29 is 9.53 Å². The molecule has 1 atom stereocenters. The van der Waals surface area contributed by atoms with Crippen molar-refractivity contribution in [1.29, 1.82) is 0 Å². The Morgan fingerprint density at radius 1 is 0.967 bits per heavy atom. The van der Waals surface area contributed by atoms with E-state index in [9.17, 15) is 4.79 Å². The van der Waals surface area contributed by atoms with Crippen molar-refractivity contribution in [1.82, 2.24) is 4.90 Å². The number of ether oxygens (including phenoxy) is 1. The van der Waals surface area contributed by atoms with E-state index in [1.165, 1.54) is 5.69 Å². The van der Waals surface area contributed by atoms with E-state index >= 15 is 0 Å². The summed E-state index contributed by atoms with van der Waals surface area (Å²) >= 11 is 0. The highest BCUT2D eigenvalue weighted by Gasteiger charge is 2.20. The van der Waals surface area contributed by atoms with Crippen LogP contribution in [0.5, 0.6) is 5.75 Å². The van der Waals surface area contributed by atoms with Crippen LogP contribution in [0.4, 0.5) is 11.4 Å². The van der Waals surface area contributed by atoms with Gasteiger partial charge in [0.1, 0.15) is 5.75 Å². The number of amides is 1. The summed E-state index contributed by atoms with van der Waals surface area (Å²) < 4.78 is 6.11. The molecule has 1 aliphatic rings. The predicted octanol–water partition coefficient (Wildman–Crippen LogP) is 4.39. The second-order valence-corrected chi connectivity index (χ2v) is 7.82. The lowest BCUT2D eigenvalue weighted by Gasteiger charge is -2.34. The smallest absolute Gasteiger partial charge is 0.265 e. The molecule has 3 aromatic carbocycles. The minimum absolute atomic E-state index is 0.127. The first-order chi connectivity index (χ1) is 14.6. The van der Waals surface area contributed by atoms with E-state index in [0.29, 0.717) is 6.42 Å². The largest absolute Gasteiger partial charge is 0.480 e. The average molecular weight is 404 g/mol. The number of likely N-dealkylation sites (N-methyl/N-ethyl adjacent to an activating group) is 1. The summed E-state index contributed by atoms with van der Waals surface area (Å²) in [6, 6.07) is 22.1. The number of anilines is 2. The molecular weight excluding hydrogens is 374 g/mol. The van der Waals surface area contributed by atoms with E-state index in [2.05, 4.69) is 34.3 Å². The summed E-state index contributed by atoms with van der Waals surface area (Å²) in [6.45, 7) is 6.16. The molecule has 0 saturated carbocycles. The number of benzene rings is 3. The number of hydrogen-bond acceptors (Lipinski definition) is 4. The molecule has 1 heterocycles. The summed E-state index contributed by atoms with van der Waals surface area (Å²) in [4.78, 5) is 17.6. The molecule has 3 aromatic rings. The molecule has 0 spiro atoms. The van der Waals surface area contributed by atoms with Crippen LogP contribution in [-0.4, -0.2) is 50.1 Å². The molecule has 156 valence electrons. The fourth-order valence-corrected chi connectivity index (χ4v) is 3.82. The first-order valence-corrected chi connectivity index (χ1v) is 10.6. The van der Waals surface area contributed by atoms with Gasteiger partial charge in [-0.2, -0.15) is 0 Å². The van der Waals surface area contributed by atoms with Crippen molar-refractivity contribution in [2.75, 3.05) is 43.4 Å². The summed E-state index contributed by atoms with van der Waals surface area (Å²) in [5, 5.41) is 5.13. The van der Waals surface area contributed by atoms with Gasteiger partial charge in [-0.1, -0.05) is 43.3 Å². The van der Waals surface area contributed by atoms with Gasteiger partial charge in [-0.15, -0.1) is 0 Å². The van der Waals surface area contributed by atoms with Gasteiger partial charge in [-0.3, -0.25) is 4.79 Å². The van der Waals surface area contributed by atoms with Crippen molar-refractivity contribution in [3.8, 4) is 5.75 Å². The molecule has 30 heavy (non-hydrogen) atoms. The van der Waals surface area contributed by atoms with E-state index in [-0.39, 0.29) is 5.91 Å². The molecule has 5 heteroatoms. The maximum Gasteiger partial charge on any atom is 0.265 e. The summed E-state index contributed by atoms with van der Waals surface area (Å²) in [5.74, 6) is 0.610. The van der Waals surface area contributed by atoms with Gasteiger partial charge in [0.25, 0.3) is 5.91 Å². The van der Waals surface area contributed by atoms with Crippen LogP contribution >= 0.6 is 0 Å². The van der Waals surface area contributed by atoms with Crippen LogP contribution in [0.1, 0.15) is 13.3 Å². The van der Waals surface area contributed by atoms with E-state index in [0.717, 1.165) is 48.4 Å². The summed E-state index contributed by atoms with van der Waals surface area (Å²) in [6.07, 6.45) is 0.0437. The standard InChI is InChI=1S/C25H29N3O2/c1-3-23(30-24-10-6-8-19-7-4-5-9-22(19)24)25(29)26-20-11-13-21(14-12-20)28-17-15-27(2)16-18-28/h4-14,23H,3,15-18H2,1-2H3,(H,26,29). The number of carbonyl (C=O) groups is 1. The third-order valence-electron chi connectivity index (χ3n) is 5.69. The second-order valence-electron chi connectivity index (χ2n) is 7.82. The first-order valence-electron chi connectivity index (χ1n) is 10.6. The normalized spacial score (nSPS) is 15.7. The van der Waals surface area contributed by atoms with Crippen molar-refractivity contribution in [3.63, 3.8) is 0 Å². The second kappa shape index (κ2) is 9.18.